The maximum Gasteiger partial charge on any atom is 0.338 e. The molecule has 7 nitrogen and oxygen atoms in total. The van der Waals surface area contributed by atoms with Gasteiger partial charge in [-0.15, -0.1) is 10.1 Å². The van der Waals surface area contributed by atoms with E-state index in [0.717, 1.165) is 16.7 Å². The lowest BCUT2D eigenvalue weighted by Crippen LogP contribution is -2.11. The van der Waals surface area contributed by atoms with E-state index in [4.69, 9.17) is 4.74 Å². The third-order valence-corrected chi connectivity index (χ3v) is 3.78. The van der Waals surface area contributed by atoms with Crippen molar-refractivity contribution in [2.75, 3.05) is 7.11 Å². The number of nitrogens with zero attached hydrogens (tertiary/aromatic N) is 1. The lowest BCUT2D eigenvalue weighted by molar-refractivity contribution is -0.727. The zero-order chi connectivity index (χ0) is 18.4. The first-order chi connectivity index (χ1) is 12.0. The Hall–Kier alpha value is -3.22. The highest BCUT2D eigenvalue weighted by Crippen LogP contribution is 2.20. The molecule has 0 fully saturated rings. The minimum absolute atomic E-state index is 0.110. The van der Waals surface area contributed by atoms with Gasteiger partial charge in [0.25, 0.3) is 0 Å². The topological polar surface area (TPSA) is 95.7 Å². The molecule has 2 aromatic carbocycles. The van der Waals surface area contributed by atoms with E-state index in [2.05, 4.69) is 4.84 Å². The van der Waals surface area contributed by atoms with Gasteiger partial charge in [-0.25, -0.2) is 9.63 Å². The number of ether oxygens (including phenoxy) is 1. The zero-order valence-corrected chi connectivity index (χ0v) is 13.9. The summed E-state index contributed by atoms with van der Waals surface area (Å²) in [5.74, 6) is -1.43. The smallest absolute Gasteiger partial charge is 0.338 e. The molecule has 0 spiro atoms. The van der Waals surface area contributed by atoms with E-state index >= 15 is 0 Å². The van der Waals surface area contributed by atoms with E-state index in [-0.39, 0.29) is 5.56 Å². The first kappa shape index (κ1) is 18.1. The van der Waals surface area contributed by atoms with Crippen molar-refractivity contribution >= 4 is 11.9 Å². The van der Waals surface area contributed by atoms with Crippen LogP contribution in [-0.2, 0) is 22.4 Å². The van der Waals surface area contributed by atoms with Gasteiger partial charge in [-0.3, -0.25) is 4.79 Å². The normalized spacial score (nSPS) is 10.2. The van der Waals surface area contributed by atoms with Crippen LogP contribution in [0.1, 0.15) is 44.3 Å². The number of carbonyl (C=O) groups excluding carboxylic acids is 2. The standard InChI is InChI=1S/C18H17NO6/c1-3-12-10-15(17(20)25-19(22)23)9-8-13(12)11-14-6-4-5-7-16(14)18(21)24-2/h4-10H,3,11H2,1-2H3. The summed E-state index contributed by atoms with van der Waals surface area (Å²) in [4.78, 5) is 37.8. The Balaban J connectivity index is 2.34. The summed E-state index contributed by atoms with van der Waals surface area (Å²) in [6.07, 6.45) is 1.09. The molecule has 0 aliphatic carbocycles. The Morgan fingerprint density at radius 1 is 1.04 bits per heavy atom. The monoisotopic (exact) mass is 343 g/mol. The summed E-state index contributed by atoms with van der Waals surface area (Å²) in [6, 6.07) is 11.9. The molecule has 0 aliphatic rings. The first-order valence-corrected chi connectivity index (χ1v) is 7.61. The number of rotatable bonds is 6. The number of benzene rings is 2. The predicted molar refractivity (Wildman–Crippen MR) is 88.8 cm³/mol. The van der Waals surface area contributed by atoms with Crippen LogP contribution in [0.5, 0.6) is 0 Å². The van der Waals surface area contributed by atoms with Crippen LogP contribution in [0, 0.1) is 10.1 Å². The molecule has 0 aliphatic heterocycles. The molecule has 0 N–H and O–H groups in total. The summed E-state index contributed by atoms with van der Waals surface area (Å²) in [5, 5.41) is 9.16. The maximum absolute atomic E-state index is 11.9. The van der Waals surface area contributed by atoms with Crippen molar-refractivity contribution in [3.05, 3.63) is 80.4 Å². The third kappa shape index (κ3) is 4.41. The van der Waals surface area contributed by atoms with Gasteiger partial charge in [-0.05, 0) is 47.7 Å². The van der Waals surface area contributed by atoms with Crippen LogP contribution in [-0.4, -0.2) is 24.1 Å². The third-order valence-electron chi connectivity index (χ3n) is 3.78. The number of hydrogen-bond acceptors (Lipinski definition) is 6. The molecule has 130 valence electrons. The Morgan fingerprint density at radius 2 is 1.76 bits per heavy atom. The fourth-order valence-electron chi connectivity index (χ4n) is 2.56. The minimum Gasteiger partial charge on any atom is -0.465 e. The Labute approximate surface area is 144 Å². The summed E-state index contributed by atoms with van der Waals surface area (Å²) >= 11 is 0. The average molecular weight is 343 g/mol. The molecule has 0 heterocycles. The van der Waals surface area contributed by atoms with Gasteiger partial charge < -0.3 is 4.74 Å². The quantitative estimate of drug-likeness (QED) is 0.454. The maximum atomic E-state index is 11.9. The van der Waals surface area contributed by atoms with E-state index < -0.39 is 17.0 Å². The van der Waals surface area contributed by atoms with Gasteiger partial charge in [0, 0.05) is 5.56 Å². The molecular formula is C18H17NO6. The molecule has 0 radical (unpaired) electrons. The van der Waals surface area contributed by atoms with E-state index in [1.165, 1.54) is 13.2 Å². The molecule has 0 saturated heterocycles. The van der Waals surface area contributed by atoms with Crippen molar-refractivity contribution < 1.29 is 24.3 Å². The minimum atomic E-state index is -1.13. The van der Waals surface area contributed by atoms with Crippen LogP contribution in [0.15, 0.2) is 42.5 Å². The zero-order valence-electron chi connectivity index (χ0n) is 13.9. The number of methoxy groups -OCH3 is 1. The lowest BCUT2D eigenvalue weighted by atomic mass is 9.94. The van der Waals surface area contributed by atoms with Gasteiger partial charge in [0.05, 0.1) is 12.7 Å². The van der Waals surface area contributed by atoms with Crippen LogP contribution < -0.4 is 0 Å². The highest BCUT2D eigenvalue weighted by Gasteiger charge is 2.15. The van der Waals surface area contributed by atoms with Crippen molar-refractivity contribution in [1.29, 1.82) is 0 Å². The van der Waals surface area contributed by atoms with Gasteiger partial charge in [-0.1, -0.05) is 31.2 Å². The van der Waals surface area contributed by atoms with Crippen LogP contribution in [0.3, 0.4) is 0 Å². The van der Waals surface area contributed by atoms with E-state index in [9.17, 15) is 19.7 Å². The first-order valence-electron chi connectivity index (χ1n) is 7.61. The Kier molecular flexibility index (Phi) is 5.84. The molecule has 0 saturated carbocycles. The van der Waals surface area contributed by atoms with Crippen LogP contribution in [0.25, 0.3) is 0 Å². The van der Waals surface area contributed by atoms with Gasteiger partial charge in [0.2, 0.25) is 0 Å². The van der Waals surface area contributed by atoms with Crippen molar-refractivity contribution in [1.82, 2.24) is 0 Å². The molecule has 2 rings (SSSR count). The van der Waals surface area contributed by atoms with Crippen molar-refractivity contribution in [2.24, 2.45) is 0 Å². The number of aryl methyl sites for hydroxylation is 1. The fourth-order valence-corrected chi connectivity index (χ4v) is 2.56. The molecule has 2 aromatic rings. The summed E-state index contributed by atoms with van der Waals surface area (Å²) in [6.45, 7) is 1.91. The molecule has 7 heteroatoms. The van der Waals surface area contributed by atoms with Crippen molar-refractivity contribution in [3.63, 3.8) is 0 Å². The van der Waals surface area contributed by atoms with Gasteiger partial charge in [0.1, 0.15) is 0 Å². The highest BCUT2D eigenvalue weighted by atomic mass is 17.0. The Bertz CT molecular complexity index is 815. The van der Waals surface area contributed by atoms with E-state index in [1.54, 1.807) is 24.3 Å². The van der Waals surface area contributed by atoms with Crippen LogP contribution in [0.2, 0.25) is 0 Å². The van der Waals surface area contributed by atoms with Crippen molar-refractivity contribution in [2.45, 2.75) is 19.8 Å². The van der Waals surface area contributed by atoms with E-state index in [0.29, 0.717) is 18.4 Å². The molecule has 0 amide bonds. The van der Waals surface area contributed by atoms with Crippen LogP contribution in [0.4, 0.5) is 0 Å². The number of esters is 1. The second-order valence-corrected chi connectivity index (χ2v) is 5.26. The summed E-state index contributed by atoms with van der Waals surface area (Å²) in [5.41, 5.74) is 3.14. The van der Waals surface area contributed by atoms with Gasteiger partial charge >= 0.3 is 17.0 Å². The number of carbonyl (C=O) groups is 2. The Morgan fingerprint density at radius 3 is 2.40 bits per heavy atom. The largest absolute Gasteiger partial charge is 0.465 e. The molecule has 25 heavy (non-hydrogen) atoms. The fraction of sp³-hybridized carbons (Fsp3) is 0.222. The van der Waals surface area contributed by atoms with Crippen LogP contribution >= 0.6 is 0 Å². The second kappa shape index (κ2) is 8.05. The van der Waals surface area contributed by atoms with E-state index in [1.807, 2.05) is 19.1 Å². The average Bonchev–Trinajstić information content (AvgIpc) is 2.61. The predicted octanol–water partition coefficient (Wildman–Crippen LogP) is 2.97. The molecule has 0 atom stereocenters. The summed E-state index contributed by atoms with van der Waals surface area (Å²) < 4.78 is 4.79. The molecule has 0 aromatic heterocycles. The molecule has 0 bridgehead atoms. The highest BCUT2D eigenvalue weighted by molar-refractivity contribution is 5.91. The molecular weight excluding hydrogens is 326 g/mol. The van der Waals surface area contributed by atoms with Gasteiger partial charge in [-0.2, -0.15) is 0 Å². The SMILES string of the molecule is CCc1cc(C(=O)O[N+](=O)[O-])ccc1Cc1ccccc1C(=O)OC. The second-order valence-electron chi connectivity index (χ2n) is 5.26. The lowest BCUT2D eigenvalue weighted by Gasteiger charge is -2.12. The number of hydrogen-bond donors (Lipinski definition) is 0. The van der Waals surface area contributed by atoms with Gasteiger partial charge in [0.15, 0.2) is 0 Å². The van der Waals surface area contributed by atoms with Crippen molar-refractivity contribution in [3.8, 4) is 0 Å². The molecule has 0 unspecified atom stereocenters. The summed E-state index contributed by atoms with van der Waals surface area (Å²) in [7, 11) is 1.33.